The lowest BCUT2D eigenvalue weighted by molar-refractivity contribution is 0.232. The number of aryl methyl sites for hydroxylation is 1. The van der Waals surface area contributed by atoms with E-state index in [-0.39, 0.29) is 18.2 Å². The smallest absolute Gasteiger partial charge is 0.315 e. The molecule has 1 heterocycles. The number of carbonyl (C=O) groups is 1. The zero-order valence-electron chi connectivity index (χ0n) is 19.3. The van der Waals surface area contributed by atoms with Gasteiger partial charge in [0.25, 0.3) is 0 Å². The van der Waals surface area contributed by atoms with Gasteiger partial charge in [0.15, 0.2) is 5.82 Å². The summed E-state index contributed by atoms with van der Waals surface area (Å²) < 4.78 is 5.72. The molecule has 3 rings (SSSR count). The Morgan fingerprint density at radius 3 is 2.50 bits per heavy atom. The number of hydrogen-bond donors (Lipinski definition) is 3. The second-order valence-electron chi connectivity index (χ2n) is 8.22. The Morgan fingerprint density at radius 1 is 1.12 bits per heavy atom. The molecule has 0 spiro atoms. The number of rotatable bonds is 9. The van der Waals surface area contributed by atoms with Crippen LogP contribution in [0.2, 0.25) is 0 Å². The first-order chi connectivity index (χ1) is 15.3. The first kappa shape index (κ1) is 23.3. The van der Waals surface area contributed by atoms with Gasteiger partial charge in [-0.2, -0.15) is 5.10 Å². The van der Waals surface area contributed by atoms with Crippen LogP contribution in [0.4, 0.5) is 4.79 Å². The van der Waals surface area contributed by atoms with Crippen molar-refractivity contribution in [2.45, 2.75) is 39.5 Å². The van der Waals surface area contributed by atoms with E-state index in [2.05, 4.69) is 30.7 Å². The molecule has 3 aromatic rings. The van der Waals surface area contributed by atoms with E-state index in [4.69, 9.17) is 4.74 Å². The highest BCUT2D eigenvalue weighted by molar-refractivity contribution is 5.74. The number of nitrogens with zero attached hydrogens (tertiary/aromatic N) is 3. The van der Waals surface area contributed by atoms with Gasteiger partial charge in [0, 0.05) is 18.7 Å². The topological polar surface area (TPSA) is 95.2 Å². The van der Waals surface area contributed by atoms with Gasteiger partial charge in [-0.25, -0.2) is 9.78 Å². The van der Waals surface area contributed by atoms with Crippen molar-refractivity contribution in [2.75, 3.05) is 20.6 Å². The number of ether oxygens (including phenoxy) is 1. The number of benzene rings is 2. The van der Waals surface area contributed by atoms with Gasteiger partial charge in [0.05, 0.1) is 12.1 Å². The molecule has 0 bridgehead atoms. The first-order valence-corrected chi connectivity index (χ1v) is 10.7. The van der Waals surface area contributed by atoms with Crippen molar-refractivity contribution in [3.63, 3.8) is 0 Å². The fourth-order valence-electron chi connectivity index (χ4n) is 3.37. The van der Waals surface area contributed by atoms with Gasteiger partial charge in [-0.3, -0.25) is 5.10 Å². The fraction of sp³-hybridized carbons (Fsp3) is 0.375. The Morgan fingerprint density at radius 2 is 1.88 bits per heavy atom. The van der Waals surface area contributed by atoms with Crippen LogP contribution < -0.4 is 15.4 Å². The zero-order chi connectivity index (χ0) is 23.1. The number of likely N-dealkylation sites (N-methyl/N-ethyl adjacent to an activating group) is 1. The van der Waals surface area contributed by atoms with Gasteiger partial charge in [-0.15, -0.1) is 0 Å². The van der Waals surface area contributed by atoms with Crippen LogP contribution in [0.25, 0.3) is 11.4 Å². The quantitative estimate of drug-likeness (QED) is 0.476. The summed E-state index contributed by atoms with van der Waals surface area (Å²) in [6.45, 7) is 6.77. The SMILES string of the molecule is Cc1nc(-c2cccc(CNC(=O)NCC(c3ccc(OC(C)C)cc3)N(C)C)c2)n[nH]1. The van der Waals surface area contributed by atoms with E-state index in [0.29, 0.717) is 18.9 Å². The molecule has 3 N–H and O–H groups in total. The molecule has 1 aromatic heterocycles. The van der Waals surface area contributed by atoms with E-state index in [1.165, 1.54) is 0 Å². The lowest BCUT2D eigenvalue weighted by Crippen LogP contribution is -2.40. The zero-order valence-corrected chi connectivity index (χ0v) is 19.3. The second-order valence-corrected chi connectivity index (χ2v) is 8.22. The summed E-state index contributed by atoms with van der Waals surface area (Å²) in [6, 6.07) is 15.7. The fourth-order valence-corrected chi connectivity index (χ4v) is 3.37. The summed E-state index contributed by atoms with van der Waals surface area (Å²) in [6.07, 6.45) is 0.135. The monoisotopic (exact) mass is 436 g/mol. The van der Waals surface area contributed by atoms with E-state index in [0.717, 1.165) is 28.3 Å². The molecule has 8 heteroatoms. The molecular weight excluding hydrogens is 404 g/mol. The number of aromatic amines is 1. The molecule has 0 aliphatic carbocycles. The minimum Gasteiger partial charge on any atom is -0.491 e. The molecule has 0 radical (unpaired) electrons. The van der Waals surface area contributed by atoms with Crippen molar-refractivity contribution in [2.24, 2.45) is 0 Å². The molecule has 0 aliphatic rings. The third-order valence-corrected chi connectivity index (χ3v) is 4.95. The number of urea groups is 1. The van der Waals surface area contributed by atoms with Crippen LogP contribution in [0.15, 0.2) is 48.5 Å². The second kappa shape index (κ2) is 10.8. The highest BCUT2D eigenvalue weighted by atomic mass is 16.5. The first-order valence-electron chi connectivity index (χ1n) is 10.7. The lowest BCUT2D eigenvalue weighted by atomic mass is 10.1. The Kier molecular flexibility index (Phi) is 7.83. The van der Waals surface area contributed by atoms with Crippen LogP contribution in [-0.2, 0) is 6.54 Å². The van der Waals surface area contributed by atoms with Crippen LogP contribution in [0.3, 0.4) is 0 Å². The molecule has 2 amide bonds. The highest BCUT2D eigenvalue weighted by Crippen LogP contribution is 2.21. The van der Waals surface area contributed by atoms with Gasteiger partial charge in [-0.1, -0.05) is 30.3 Å². The van der Waals surface area contributed by atoms with Gasteiger partial charge in [0.1, 0.15) is 11.6 Å². The van der Waals surface area contributed by atoms with Crippen LogP contribution >= 0.6 is 0 Å². The predicted octanol–water partition coefficient (Wildman–Crippen LogP) is 3.67. The summed E-state index contributed by atoms with van der Waals surface area (Å²) in [5.41, 5.74) is 3.00. The molecular formula is C24H32N6O2. The molecule has 32 heavy (non-hydrogen) atoms. The van der Waals surface area contributed by atoms with Gasteiger partial charge >= 0.3 is 6.03 Å². The maximum atomic E-state index is 12.4. The predicted molar refractivity (Wildman–Crippen MR) is 125 cm³/mol. The molecule has 2 aromatic carbocycles. The normalized spacial score (nSPS) is 12.1. The average Bonchev–Trinajstić information content (AvgIpc) is 3.19. The van der Waals surface area contributed by atoms with Crippen molar-refractivity contribution in [1.82, 2.24) is 30.7 Å². The molecule has 170 valence electrons. The molecule has 0 aliphatic heterocycles. The van der Waals surface area contributed by atoms with E-state index in [9.17, 15) is 4.79 Å². The van der Waals surface area contributed by atoms with Crippen LogP contribution in [0, 0.1) is 6.92 Å². The Balaban J connectivity index is 1.54. The van der Waals surface area contributed by atoms with Crippen LogP contribution in [-0.4, -0.2) is 52.9 Å². The van der Waals surface area contributed by atoms with E-state index in [1.54, 1.807) is 0 Å². The Hall–Kier alpha value is -3.39. The van der Waals surface area contributed by atoms with E-state index >= 15 is 0 Å². The summed E-state index contributed by atoms with van der Waals surface area (Å²) in [7, 11) is 4.00. The van der Waals surface area contributed by atoms with Crippen molar-refractivity contribution >= 4 is 6.03 Å². The summed E-state index contributed by atoms with van der Waals surface area (Å²) in [4.78, 5) is 18.9. The van der Waals surface area contributed by atoms with Gasteiger partial charge in [0.2, 0.25) is 0 Å². The molecule has 0 saturated carbocycles. The summed E-state index contributed by atoms with van der Waals surface area (Å²) >= 11 is 0. The summed E-state index contributed by atoms with van der Waals surface area (Å²) in [5.74, 6) is 2.25. The van der Waals surface area contributed by atoms with E-state index in [1.807, 2.05) is 83.4 Å². The van der Waals surface area contributed by atoms with Crippen molar-refractivity contribution in [3.8, 4) is 17.1 Å². The number of carbonyl (C=O) groups excluding carboxylic acids is 1. The minimum atomic E-state index is -0.212. The molecule has 1 unspecified atom stereocenters. The maximum Gasteiger partial charge on any atom is 0.315 e. The number of nitrogens with one attached hydrogen (secondary N) is 3. The Bertz CT molecular complexity index is 1010. The number of hydrogen-bond acceptors (Lipinski definition) is 5. The molecule has 0 fully saturated rings. The largest absolute Gasteiger partial charge is 0.491 e. The van der Waals surface area contributed by atoms with Gasteiger partial charge in [-0.05, 0) is 64.2 Å². The standard InChI is InChI=1S/C24H32N6O2/c1-16(2)32-21-11-9-19(10-12-21)22(30(4)5)15-26-24(31)25-14-18-7-6-8-20(13-18)23-27-17(3)28-29-23/h6-13,16,22H,14-15H2,1-5H3,(H2,25,26,31)(H,27,28,29). The van der Waals surface area contributed by atoms with Gasteiger partial charge < -0.3 is 20.3 Å². The number of aromatic nitrogens is 3. The highest BCUT2D eigenvalue weighted by Gasteiger charge is 2.16. The average molecular weight is 437 g/mol. The third kappa shape index (κ3) is 6.55. The summed E-state index contributed by atoms with van der Waals surface area (Å²) in [5, 5.41) is 12.9. The molecule has 0 saturated heterocycles. The van der Waals surface area contributed by atoms with Crippen LogP contribution in [0.1, 0.15) is 36.8 Å². The maximum absolute atomic E-state index is 12.4. The van der Waals surface area contributed by atoms with E-state index < -0.39 is 0 Å². The van der Waals surface area contributed by atoms with Crippen molar-refractivity contribution < 1.29 is 9.53 Å². The van der Waals surface area contributed by atoms with Crippen LogP contribution in [0.5, 0.6) is 5.75 Å². The third-order valence-electron chi connectivity index (χ3n) is 4.95. The number of amides is 2. The Labute approximate surface area is 189 Å². The minimum absolute atomic E-state index is 0.0474. The lowest BCUT2D eigenvalue weighted by Gasteiger charge is -2.25. The molecule has 8 nitrogen and oxygen atoms in total. The molecule has 1 atom stereocenters. The van der Waals surface area contributed by atoms with Crippen molar-refractivity contribution in [3.05, 3.63) is 65.5 Å². The van der Waals surface area contributed by atoms with Crippen molar-refractivity contribution in [1.29, 1.82) is 0 Å². The number of H-pyrrole nitrogens is 1.